The van der Waals surface area contributed by atoms with E-state index in [-0.39, 0.29) is 5.75 Å². The lowest BCUT2D eigenvalue weighted by atomic mass is 10.2. The third-order valence-corrected chi connectivity index (χ3v) is 2.09. The van der Waals surface area contributed by atoms with E-state index in [9.17, 15) is 9.59 Å². The summed E-state index contributed by atoms with van der Waals surface area (Å²) in [7, 11) is 0. The van der Waals surface area contributed by atoms with E-state index in [1.807, 2.05) is 0 Å². The number of hydrogen-bond acceptors (Lipinski definition) is 6. The highest BCUT2D eigenvalue weighted by atomic mass is 16.5. The molecule has 18 heavy (non-hydrogen) atoms. The Morgan fingerprint density at radius 1 is 1.11 bits per heavy atom. The molecule has 0 aliphatic rings. The fraction of sp³-hybridized carbons (Fsp3) is 0.167. The number of ether oxygens (including phenoxy) is 2. The molecule has 0 radical (unpaired) electrons. The first-order chi connectivity index (χ1) is 8.56. The zero-order chi connectivity index (χ0) is 13.1. The largest absolute Gasteiger partial charge is 0.427 e. The van der Waals surface area contributed by atoms with E-state index in [0.717, 1.165) is 0 Å². The smallest absolute Gasteiger partial charge is 0.308 e. The number of carbonyl (C=O) groups is 2. The predicted octanol–water partition coefficient (Wildman–Crippen LogP) is 1.48. The highest BCUT2D eigenvalue weighted by Gasteiger charge is 2.08. The molecule has 2 rings (SSSR count). The van der Waals surface area contributed by atoms with Crippen molar-refractivity contribution in [1.29, 1.82) is 0 Å². The van der Waals surface area contributed by atoms with Gasteiger partial charge in [0, 0.05) is 13.8 Å². The van der Waals surface area contributed by atoms with Crippen LogP contribution in [0.5, 0.6) is 11.5 Å². The second-order valence-corrected chi connectivity index (χ2v) is 3.58. The maximum atomic E-state index is 11.0. The molecule has 1 aromatic carbocycles. The summed E-state index contributed by atoms with van der Waals surface area (Å²) < 4.78 is 9.96. The van der Waals surface area contributed by atoms with E-state index in [1.165, 1.54) is 20.0 Å². The number of hydrogen-bond donors (Lipinski definition) is 0. The van der Waals surface area contributed by atoms with Gasteiger partial charge in [-0.1, -0.05) is 0 Å². The first-order valence-corrected chi connectivity index (χ1v) is 5.18. The van der Waals surface area contributed by atoms with Crippen LogP contribution in [0.15, 0.2) is 24.4 Å². The molecule has 0 atom stereocenters. The quantitative estimate of drug-likeness (QED) is 0.590. The molecule has 0 aliphatic heterocycles. The summed E-state index contributed by atoms with van der Waals surface area (Å²) in [6, 6.07) is 4.80. The molecule has 0 aliphatic carbocycles. The summed E-state index contributed by atoms with van der Waals surface area (Å²) in [5.74, 6) is -0.245. The number of carbonyl (C=O) groups excluding carboxylic acids is 2. The zero-order valence-corrected chi connectivity index (χ0v) is 9.84. The molecule has 2 aromatic rings. The van der Waals surface area contributed by atoms with Crippen LogP contribution >= 0.6 is 0 Å². The third-order valence-electron chi connectivity index (χ3n) is 2.09. The van der Waals surface area contributed by atoms with Crippen molar-refractivity contribution in [2.75, 3.05) is 0 Å². The number of aromatic nitrogens is 2. The van der Waals surface area contributed by atoms with Crippen molar-refractivity contribution in [2.24, 2.45) is 0 Å². The zero-order valence-electron chi connectivity index (χ0n) is 9.84. The molecule has 0 saturated carbocycles. The van der Waals surface area contributed by atoms with Gasteiger partial charge < -0.3 is 9.47 Å². The average molecular weight is 246 g/mol. The number of nitrogens with zero attached hydrogens (tertiary/aromatic N) is 2. The second kappa shape index (κ2) is 4.79. The van der Waals surface area contributed by atoms with Crippen LogP contribution in [-0.2, 0) is 9.59 Å². The first-order valence-electron chi connectivity index (χ1n) is 5.18. The summed E-state index contributed by atoms with van der Waals surface area (Å²) in [6.45, 7) is 2.60. The topological polar surface area (TPSA) is 78.4 Å². The van der Waals surface area contributed by atoms with Crippen LogP contribution in [0, 0.1) is 0 Å². The lowest BCUT2D eigenvalue weighted by molar-refractivity contribution is -0.132. The van der Waals surface area contributed by atoms with Crippen molar-refractivity contribution in [3.05, 3.63) is 24.4 Å². The van der Waals surface area contributed by atoms with Crippen LogP contribution in [-0.4, -0.2) is 22.1 Å². The van der Waals surface area contributed by atoms with Gasteiger partial charge >= 0.3 is 11.9 Å². The predicted molar refractivity (Wildman–Crippen MR) is 62.2 cm³/mol. The van der Waals surface area contributed by atoms with Crippen LogP contribution in [0.3, 0.4) is 0 Å². The molecule has 1 heterocycles. The van der Waals surface area contributed by atoms with Gasteiger partial charge in [-0.15, -0.1) is 0 Å². The van der Waals surface area contributed by atoms with E-state index < -0.39 is 11.9 Å². The van der Waals surface area contributed by atoms with Gasteiger partial charge in [-0.3, -0.25) is 9.59 Å². The monoisotopic (exact) mass is 246 g/mol. The summed E-state index contributed by atoms with van der Waals surface area (Å²) in [5, 5.41) is 8.16. The van der Waals surface area contributed by atoms with Gasteiger partial charge in [0.2, 0.25) is 0 Å². The highest BCUT2D eigenvalue weighted by molar-refractivity contribution is 5.88. The van der Waals surface area contributed by atoms with Crippen LogP contribution in [0.25, 0.3) is 10.9 Å². The Bertz CT molecular complexity index is 625. The SMILES string of the molecule is CC(=O)Oc1ccc2nncc(OC(C)=O)c2c1. The standard InChI is InChI=1S/C12H10N2O4/c1-7(15)17-9-3-4-11-10(5-9)12(6-13-14-11)18-8(2)16/h3-6H,1-2H3. The number of fused-ring (bicyclic) bond motifs is 1. The molecule has 6 nitrogen and oxygen atoms in total. The Balaban J connectivity index is 2.51. The Hall–Kier alpha value is -2.50. The van der Waals surface area contributed by atoms with Gasteiger partial charge in [-0.2, -0.15) is 10.2 Å². The molecule has 1 aromatic heterocycles. The fourth-order valence-electron chi connectivity index (χ4n) is 1.48. The Labute approximate surface area is 103 Å². The maximum Gasteiger partial charge on any atom is 0.308 e. The Kier molecular flexibility index (Phi) is 3.18. The van der Waals surface area contributed by atoms with Crippen LogP contribution in [0.1, 0.15) is 13.8 Å². The van der Waals surface area contributed by atoms with Crippen molar-refractivity contribution in [2.45, 2.75) is 13.8 Å². The summed E-state index contributed by atoms with van der Waals surface area (Å²) in [6.07, 6.45) is 1.33. The molecule has 0 N–H and O–H groups in total. The van der Waals surface area contributed by atoms with Gasteiger partial charge in [0.05, 0.1) is 17.1 Å². The highest BCUT2D eigenvalue weighted by Crippen LogP contribution is 2.27. The summed E-state index contributed by atoms with van der Waals surface area (Å²) in [4.78, 5) is 21.8. The normalized spacial score (nSPS) is 10.1. The summed E-state index contributed by atoms with van der Waals surface area (Å²) in [5.41, 5.74) is 0.546. The van der Waals surface area contributed by atoms with E-state index in [2.05, 4.69) is 10.2 Å². The van der Waals surface area contributed by atoms with Gasteiger partial charge in [0.1, 0.15) is 5.75 Å². The third kappa shape index (κ3) is 2.60. The van der Waals surface area contributed by atoms with Gasteiger partial charge in [0.25, 0.3) is 0 Å². The number of rotatable bonds is 2. The van der Waals surface area contributed by atoms with Crippen molar-refractivity contribution in [3.8, 4) is 11.5 Å². The number of esters is 2. The van der Waals surface area contributed by atoms with Crippen molar-refractivity contribution in [1.82, 2.24) is 10.2 Å². The minimum absolute atomic E-state index is 0.279. The molecule has 0 saturated heterocycles. The average Bonchev–Trinajstić information content (AvgIpc) is 2.28. The molecular formula is C12H10N2O4. The molecule has 0 bridgehead atoms. The lowest BCUT2D eigenvalue weighted by Gasteiger charge is -2.06. The van der Waals surface area contributed by atoms with Crippen molar-refractivity contribution >= 4 is 22.8 Å². The van der Waals surface area contributed by atoms with Crippen LogP contribution in [0.2, 0.25) is 0 Å². The summed E-state index contributed by atoms with van der Waals surface area (Å²) >= 11 is 0. The molecule has 0 unspecified atom stereocenters. The van der Waals surface area contributed by atoms with Gasteiger partial charge in [0.15, 0.2) is 5.75 Å². The molecule has 92 valence electrons. The van der Waals surface area contributed by atoms with Crippen LogP contribution in [0.4, 0.5) is 0 Å². The van der Waals surface area contributed by atoms with Crippen molar-refractivity contribution in [3.63, 3.8) is 0 Å². The molecule has 6 heteroatoms. The lowest BCUT2D eigenvalue weighted by Crippen LogP contribution is -2.04. The van der Waals surface area contributed by atoms with E-state index >= 15 is 0 Å². The second-order valence-electron chi connectivity index (χ2n) is 3.58. The molecule has 0 fully saturated rings. The molecule has 0 spiro atoms. The van der Waals surface area contributed by atoms with E-state index in [0.29, 0.717) is 16.7 Å². The van der Waals surface area contributed by atoms with E-state index in [4.69, 9.17) is 9.47 Å². The first kappa shape index (κ1) is 12.0. The van der Waals surface area contributed by atoms with E-state index in [1.54, 1.807) is 18.2 Å². The minimum Gasteiger partial charge on any atom is -0.427 e. The van der Waals surface area contributed by atoms with Crippen LogP contribution < -0.4 is 9.47 Å². The Morgan fingerprint density at radius 3 is 2.50 bits per heavy atom. The molecule has 0 amide bonds. The molecular weight excluding hydrogens is 236 g/mol. The van der Waals surface area contributed by atoms with Gasteiger partial charge in [-0.05, 0) is 18.2 Å². The minimum atomic E-state index is -0.456. The Morgan fingerprint density at radius 2 is 1.83 bits per heavy atom. The number of benzene rings is 1. The maximum absolute atomic E-state index is 11.0. The van der Waals surface area contributed by atoms with Crippen molar-refractivity contribution < 1.29 is 19.1 Å². The fourth-order valence-corrected chi connectivity index (χ4v) is 1.48. The van der Waals surface area contributed by atoms with Gasteiger partial charge in [-0.25, -0.2) is 0 Å².